The van der Waals surface area contributed by atoms with Gasteiger partial charge in [0.15, 0.2) is 0 Å². The minimum Gasteiger partial charge on any atom is -0.396 e. The van der Waals surface area contributed by atoms with Gasteiger partial charge in [-0.05, 0) is 18.6 Å². The van der Waals surface area contributed by atoms with E-state index >= 15 is 0 Å². The summed E-state index contributed by atoms with van der Waals surface area (Å²) in [6, 6.07) is 9.57. The second-order valence-electron chi connectivity index (χ2n) is 4.16. The Balaban J connectivity index is 2.42. The van der Waals surface area contributed by atoms with E-state index in [-0.39, 0.29) is 12.3 Å². The first-order valence-corrected chi connectivity index (χ1v) is 5.89. The summed E-state index contributed by atoms with van der Waals surface area (Å²) in [6.07, 6.45) is 2.18. The Morgan fingerprint density at radius 3 is 2.83 bits per heavy atom. The third-order valence-corrected chi connectivity index (χ3v) is 3.07. The van der Waals surface area contributed by atoms with E-state index in [9.17, 15) is 4.79 Å². The van der Waals surface area contributed by atoms with Gasteiger partial charge in [0.1, 0.15) is 0 Å². The number of hydrogen-bond donors (Lipinski definition) is 1. The van der Waals surface area contributed by atoms with Crippen molar-refractivity contribution in [1.82, 2.24) is 14.2 Å². The molecular weight excluding hydrogens is 230 g/mol. The molecule has 0 aliphatic heterocycles. The Hall–Kier alpha value is -2.14. The molecule has 92 valence electrons. The van der Waals surface area contributed by atoms with Crippen LogP contribution in [0.15, 0.2) is 41.3 Å². The van der Waals surface area contributed by atoms with Crippen molar-refractivity contribution in [3.63, 3.8) is 0 Å². The highest BCUT2D eigenvalue weighted by molar-refractivity contribution is 5.93. The molecule has 3 aromatic rings. The van der Waals surface area contributed by atoms with Crippen LogP contribution in [0, 0.1) is 0 Å². The standard InChI is InChI=1S/C13H13N3O2/c17-9-3-8-15-11-5-2-1-4-10(11)12-6-7-14-16(12)13(15)18/h1-2,4-7,17H,3,8-9H2. The molecule has 2 heterocycles. The van der Waals surface area contributed by atoms with Crippen molar-refractivity contribution in [3.8, 4) is 0 Å². The fourth-order valence-electron chi connectivity index (χ4n) is 2.25. The Morgan fingerprint density at radius 2 is 2.00 bits per heavy atom. The van der Waals surface area contributed by atoms with E-state index in [4.69, 9.17) is 5.11 Å². The third-order valence-electron chi connectivity index (χ3n) is 3.07. The minimum atomic E-state index is -0.165. The summed E-state index contributed by atoms with van der Waals surface area (Å²) in [4.78, 5) is 12.3. The first-order valence-electron chi connectivity index (χ1n) is 5.89. The van der Waals surface area contributed by atoms with Crippen LogP contribution < -0.4 is 5.69 Å². The number of para-hydroxylation sites is 1. The number of nitrogens with zero attached hydrogens (tertiary/aromatic N) is 3. The molecule has 0 saturated carbocycles. The van der Waals surface area contributed by atoms with E-state index in [0.717, 1.165) is 16.4 Å². The Kier molecular flexibility index (Phi) is 2.60. The van der Waals surface area contributed by atoms with E-state index < -0.39 is 0 Å². The highest BCUT2D eigenvalue weighted by atomic mass is 16.3. The lowest BCUT2D eigenvalue weighted by molar-refractivity contribution is 0.279. The van der Waals surface area contributed by atoms with Crippen molar-refractivity contribution in [2.45, 2.75) is 13.0 Å². The molecule has 0 aliphatic rings. The molecule has 0 amide bonds. The number of aromatic nitrogens is 3. The van der Waals surface area contributed by atoms with Gasteiger partial charge in [-0.3, -0.25) is 4.57 Å². The van der Waals surface area contributed by atoms with Gasteiger partial charge in [-0.1, -0.05) is 18.2 Å². The summed E-state index contributed by atoms with van der Waals surface area (Å²) in [5.41, 5.74) is 1.53. The monoisotopic (exact) mass is 243 g/mol. The van der Waals surface area contributed by atoms with Crippen LogP contribution in [0.5, 0.6) is 0 Å². The number of aryl methyl sites for hydroxylation is 1. The van der Waals surface area contributed by atoms with Gasteiger partial charge in [0.05, 0.1) is 17.2 Å². The highest BCUT2D eigenvalue weighted by Crippen LogP contribution is 2.17. The Morgan fingerprint density at radius 1 is 1.17 bits per heavy atom. The summed E-state index contributed by atoms with van der Waals surface area (Å²) in [7, 11) is 0. The van der Waals surface area contributed by atoms with Crippen LogP contribution in [0.3, 0.4) is 0 Å². The van der Waals surface area contributed by atoms with Crippen LogP contribution in [0.1, 0.15) is 6.42 Å². The predicted molar refractivity (Wildman–Crippen MR) is 68.7 cm³/mol. The van der Waals surface area contributed by atoms with Gasteiger partial charge < -0.3 is 5.11 Å². The third kappa shape index (κ3) is 1.52. The molecule has 3 rings (SSSR count). The van der Waals surface area contributed by atoms with E-state index in [2.05, 4.69) is 5.10 Å². The SMILES string of the molecule is O=c1n(CCCO)c2ccccc2c2ccnn12. The topological polar surface area (TPSA) is 59.5 Å². The van der Waals surface area contributed by atoms with E-state index in [0.29, 0.717) is 13.0 Å². The van der Waals surface area contributed by atoms with Gasteiger partial charge in [0.25, 0.3) is 0 Å². The van der Waals surface area contributed by atoms with Crippen LogP contribution in [0.25, 0.3) is 16.4 Å². The lowest BCUT2D eigenvalue weighted by atomic mass is 10.2. The highest BCUT2D eigenvalue weighted by Gasteiger charge is 2.09. The predicted octanol–water partition coefficient (Wildman–Crippen LogP) is 1.03. The summed E-state index contributed by atoms with van der Waals surface area (Å²) < 4.78 is 3.06. The van der Waals surface area contributed by atoms with Crippen molar-refractivity contribution < 1.29 is 5.11 Å². The molecule has 0 radical (unpaired) electrons. The van der Waals surface area contributed by atoms with Crippen molar-refractivity contribution in [2.75, 3.05) is 6.61 Å². The number of rotatable bonds is 3. The molecule has 1 N–H and O–H groups in total. The van der Waals surface area contributed by atoms with Gasteiger partial charge in [-0.25, -0.2) is 4.79 Å². The zero-order valence-corrected chi connectivity index (χ0v) is 9.78. The molecular formula is C13H13N3O2. The fourth-order valence-corrected chi connectivity index (χ4v) is 2.25. The number of benzene rings is 1. The normalized spacial score (nSPS) is 11.4. The second kappa shape index (κ2) is 4.27. The van der Waals surface area contributed by atoms with Gasteiger partial charge in [-0.2, -0.15) is 9.61 Å². The summed E-state index contributed by atoms with van der Waals surface area (Å²) in [5.74, 6) is 0. The van der Waals surface area contributed by atoms with Gasteiger partial charge in [-0.15, -0.1) is 0 Å². The maximum Gasteiger partial charge on any atom is 0.349 e. The quantitative estimate of drug-likeness (QED) is 0.747. The summed E-state index contributed by atoms with van der Waals surface area (Å²) >= 11 is 0. The van der Waals surface area contributed by atoms with Crippen molar-refractivity contribution in [1.29, 1.82) is 0 Å². The average Bonchev–Trinajstić information content (AvgIpc) is 2.88. The molecule has 18 heavy (non-hydrogen) atoms. The average molecular weight is 243 g/mol. The zero-order valence-electron chi connectivity index (χ0n) is 9.78. The largest absolute Gasteiger partial charge is 0.396 e. The molecule has 1 aromatic carbocycles. The molecule has 0 fully saturated rings. The Labute approximate surface area is 103 Å². The summed E-state index contributed by atoms with van der Waals surface area (Å²) in [6.45, 7) is 0.559. The zero-order chi connectivity index (χ0) is 12.5. The maximum absolute atomic E-state index is 12.3. The molecule has 5 heteroatoms. The summed E-state index contributed by atoms with van der Waals surface area (Å²) in [5, 5.41) is 14.0. The van der Waals surface area contributed by atoms with Crippen LogP contribution in [-0.2, 0) is 6.54 Å². The van der Waals surface area contributed by atoms with E-state index in [1.807, 2.05) is 30.3 Å². The van der Waals surface area contributed by atoms with Crippen LogP contribution in [-0.4, -0.2) is 25.9 Å². The van der Waals surface area contributed by atoms with Crippen LogP contribution in [0.4, 0.5) is 0 Å². The van der Waals surface area contributed by atoms with Crippen LogP contribution in [0.2, 0.25) is 0 Å². The van der Waals surface area contributed by atoms with Gasteiger partial charge >= 0.3 is 5.69 Å². The fraction of sp³-hybridized carbons (Fsp3) is 0.231. The molecule has 2 aromatic heterocycles. The first-order chi connectivity index (χ1) is 8.83. The van der Waals surface area contributed by atoms with Crippen molar-refractivity contribution in [2.24, 2.45) is 0 Å². The maximum atomic E-state index is 12.3. The smallest absolute Gasteiger partial charge is 0.349 e. The molecule has 0 bridgehead atoms. The number of aliphatic hydroxyl groups excluding tert-OH is 1. The number of fused-ring (bicyclic) bond motifs is 3. The second-order valence-corrected chi connectivity index (χ2v) is 4.16. The lowest BCUT2D eigenvalue weighted by Gasteiger charge is -2.10. The molecule has 0 aliphatic carbocycles. The molecule has 0 spiro atoms. The minimum absolute atomic E-state index is 0.0674. The van der Waals surface area contributed by atoms with Crippen molar-refractivity contribution in [3.05, 3.63) is 47.0 Å². The lowest BCUT2D eigenvalue weighted by Crippen LogP contribution is -2.28. The molecule has 0 unspecified atom stereocenters. The van der Waals surface area contributed by atoms with Gasteiger partial charge in [0, 0.05) is 18.5 Å². The van der Waals surface area contributed by atoms with Crippen molar-refractivity contribution >= 4 is 16.4 Å². The van der Waals surface area contributed by atoms with E-state index in [1.165, 1.54) is 4.52 Å². The van der Waals surface area contributed by atoms with E-state index in [1.54, 1.807) is 10.8 Å². The number of aliphatic hydroxyl groups is 1. The van der Waals surface area contributed by atoms with Crippen LogP contribution >= 0.6 is 0 Å². The molecule has 0 atom stereocenters. The van der Waals surface area contributed by atoms with Gasteiger partial charge in [0.2, 0.25) is 0 Å². The molecule has 0 saturated heterocycles. The first kappa shape index (κ1) is 11.0. The molecule has 5 nitrogen and oxygen atoms in total. The number of hydrogen-bond acceptors (Lipinski definition) is 3. The Bertz CT molecular complexity index is 758.